The molecule has 0 bridgehead atoms. The fourth-order valence-electron chi connectivity index (χ4n) is 3.06. The Morgan fingerprint density at radius 2 is 1.76 bits per heavy atom. The number of hydrogen-bond acceptors (Lipinski definition) is 5. The van der Waals surface area contributed by atoms with Crippen molar-refractivity contribution < 1.29 is 22.7 Å². The van der Waals surface area contributed by atoms with E-state index in [0.717, 1.165) is 27.4 Å². The van der Waals surface area contributed by atoms with Gasteiger partial charge in [0.15, 0.2) is 0 Å². The van der Waals surface area contributed by atoms with Crippen molar-refractivity contribution in [3.63, 3.8) is 0 Å². The van der Waals surface area contributed by atoms with E-state index in [2.05, 4.69) is 11.4 Å². The predicted octanol–water partition coefficient (Wildman–Crippen LogP) is 2.66. The maximum atomic E-state index is 12.6. The van der Waals surface area contributed by atoms with Crippen LogP contribution in [-0.2, 0) is 14.8 Å². The van der Waals surface area contributed by atoms with E-state index in [4.69, 9.17) is 9.47 Å². The molecule has 0 aliphatic rings. The first-order valence-electron chi connectivity index (χ1n) is 9.24. The number of carbonyl (C=O) groups is 1. The normalized spacial score (nSPS) is 12.2. The number of methoxy groups -OCH3 is 1. The van der Waals surface area contributed by atoms with Crippen LogP contribution in [0.5, 0.6) is 11.5 Å². The number of hydrogen-bond donors (Lipinski definition) is 1. The van der Waals surface area contributed by atoms with Crippen LogP contribution >= 0.6 is 0 Å². The SMILES string of the molecule is COc1cccc(N(C(C)C(=O)NCCOc2cc(C)cc(C)c2)S(C)(=O)=O)c1. The molecule has 0 saturated carbocycles. The zero-order valence-electron chi connectivity index (χ0n) is 17.4. The van der Waals surface area contributed by atoms with Gasteiger partial charge in [-0.1, -0.05) is 12.1 Å². The lowest BCUT2D eigenvalue weighted by Crippen LogP contribution is -2.48. The Balaban J connectivity index is 2.01. The van der Waals surface area contributed by atoms with Gasteiger partial charge in [-0.2, -0.15) is 0 Å². The lowest BCUT2D eigenvalue weighted by Gasteiger charge is -2.28. The highest BCUT2D eigenvalue weighted by atomic mass is 32.2. The van der Waals surface area contributed by atoms with Crippen LogP contribution in [0.3, 0.4) is 0 Å². The quantitative estimate of drug-likeness (QED) is 0.631. The molecule has 0 saturated heterocycles. The van der Waals surface area contributed by atoms with E-state index in [-0.39, 0.29) is 13.2 Å². The summed E-state index contributed by atoms with van der Waals surface area (Å²) < 4.78 is 36.6. The highest BCUT2D eigenvalue weighted by molar-refractivity contribution is 7.92. The highest BCUT2D eigenvalue weighted by Crippen LogP contribution is 2.25. The number of aryl methyl sites for hydroxylation is 2. The molecule has 29 heavy (non-hydrogen) atoms. The van der Waals surface area contributed by atoms with E-state index < -0.39 is 22.0 Å². The molecule has 0 radical (unpaired) electrons. The van der Waals surface area contributed by atoms with E-state index in [0.29, 0.717) is 11.4 Å². The average Bonchev–Trinajstić information content (AvgIpc) is 2.63. The Bertz CT molecular complexity index is 939. The van der Waals surface area contributed by atoms with E-state index in [9.17, 15) is 13.2 Å². The van der Waals surface area contributed by atoms with Crippen LogP contribution in [0.2, 0.25) is 0 Å². The van der Waals surface area contributed by atoms with Crippen molar-refractivity contribution in [2.24, 2.45) is 0 Å². The Kier molecular flexibility index (Phi) is 7.50. The zero-order valence-corrected chi connectivity index (χ0v) is 18.2. The van der Waals surface area contributed by atoms with Gasteiger partial charge in [0.1, 0.15) is 24.1 Å². The van der Waals surface area contributed by atoms with Crippen molar-refractivity contribution in [2.45, 2.75) is 26.8 Å². The maximum absolute atomic E-state index is 12.6. The van der Waals surface area contributed by atoms with Crippen LogP contribution in [-0.4, -0.2) is 46.9 Å². The van der Waals surface area contributed by atoms with Gasteiger partial charge < -0.3 is 14.8 Å². The summed E-state index contributed by atoms with van der Waals surface area (Å²) in [5.74, 6) is 0.826. The van der Waals surface area contributed by atoms with Gasteiger partial charge in [0.2, 0.25) is 15.9 Å². The van der Waals surface area contributed by atoms with E-state index in [1.54, 1.807) is 31.2 Å². The third-order valence-electron chi connectivity index (χ3n) is 4.26. The number of carbonyl (C=O) groups excluding carboxylic acids is 1. The van der Waals surface area contributed by atoms with Crippen LogP contribution < -0.4 is 19.1 Å². The van der Waals surface area contributed by atoms with E-state index >= 15 is 0 Å². The Hall–Kier alpha value is -2.74. The molecule has 8 heteroatoms. The second-order valence-electron chi connectivity index (χ2n) is 6.90. The monoisotopic (exact) mass is 420 g/mol. The van der Waals surface area contributed by atoms with Crippen LogP contribution in [0, 0.1) is 13.8 Å². The van der Waals surface area contributed by atoms with Gasteiger partial charge in [-0.25, -0.2) is 8.42 Å². The number of amides is 1. The van der Waals surface area contributed by atoms with Gasteiger partial charge in [-0.15, -0.1) is 0 Å². The van der Waals surface area contributed by atoms with Gasteiger partial charge in [-0.05, 0) is 56.2 Å². The minimum Gasteiger partial charge on any atom is -0.497 e. The third kappa shape index (κ3) is 6.39. The van der Waals surface area contributed by atoms with Crippen molar-refractivity contribution in [2.75, 3.05) is 30.8 Å². The second-order valence-corrected chi connectivity index (χ2v) is 8.76. The molecule has 158 valence electrons. The Labute approximate surface area is 172 Å². The predicted molar refractivity (Wildman–Crippen MR) is 114 cm³/mol. The fraction of sp³-hybridized carbons (Fsp3) is 0.381. The third-order valence-corrected chi connectivity index (χ3v) is 5.50. The molecule has 0 spiro atoms. The number of nitrogens with zero attached hydrogens (tertiary/aromatic N) is 1. The highest BCUT2D eigenvalue weighted by Gasteiger charge is 2.29. The fourth-order valence-corrected chi connectivity index (χ4v) is 4.23. The van der Waals surface area contributed by atoms with Gasteiger partial charge in [-0.3, -0.25) is 9.10 Å². The Morgan fingerprint density at radius 3 is 2.34 bits per heavy atom. The molecule has 0 aliphatic carbocycles. The van der Waals surface area contributed by atoms with Crippen molar-refractivity contribution in [3.05, 3.63) is 53.6 Å². The number of rotatable bonds is 9. The molecule has 2 rings (SSSR count). The summed E-state index contributed by atoms with van der Waals surface area (Å²) >= 11 is 0. The van der Waals surface area contributed by atoms with Crippen molar-refractivity contribution in [1.82, 2.24) is 5.32 Å². The second kappa shape index (κ2) is 9.65. The summed E-state index contributed by atoms with van der Waals surface area (Å²) in [6.07, 6.45) is 1.07. The summed E-state index contributed by atoms with van der Waals surface area (Å²) in [6.45, 7) is 6.05. The molecule has 0 aliphatic heterocycles. The molecule has 1 amide bonds. The first-order chi connectivity index (χ1) is 13.6. The van der Waals surface area contributed by atoms with Crippen LogP contribution in [0.25, 0.3) is 0 Å². The summed E-state index contributed by atoms with van der Waals surface area (Å²) in [6, 6.07) is 11.5. The maximum Gasteiger partial charge on any atom is 0.243 e. The molecular formula is C21H28N2O5S. The van der Waals surface area contributed by atoms with Crippen molar-refractivity contribution in [1.29, 1.82) is 0 Å². The first kappa shape index (κ1) is 22.5. The number of anilines is 1. The lowest BCUT2D eigenvalue weighted by atomic mass is 10.1. The number of benzene rings is 2. The minimum absolute atomic E-state index is 0.256. The molecular weight excluding hydrogens is 392 g/mol. The Morgan fingerprint density at radius 1 is 1.10 bits per heavy atom. The summed E-state index contributed by atoms with van der Waals surface area (Å²) in [7, 11) is -2.19. The van der Waals surface area contributed by atoms with Gasteiger partial charge in [0, 0.05) is 6.07 Å². The lowest BCUT2D eigenvalue weighted by molar-refractivity contribution is -0.121. The van der Waals surface area contributed by atoms with Crippen molar-refractivity contribution >= 4 is 21.6 Å². The number of sulfonamides is 1. The number of nitrogens with one attached hydrogen (secondary N) is 1. The smallest absolute Gasteiger partial charge is 0.243 e. The van der Waals surface area contributed by atoms with Crippen LogP contribution in [0.4, 0.5) is 5.69 Å². The van der Waals surface area contributed by atoms with Crippen LogP contribution in [0.1, 0.15) is 18.1 Å². The molecule has 2 aromatic carbocycles. The largest absolute Gasteiger partial charge is 0.497 e. The molecule has 2 aromatic rings. The molecule has 1 unspecified atom stereocenters. The van der Waals surface area contributed by atoms with E-state index in [1.165, 1.54) is 7.11 Å². The molecule has 0 heterocycles. The number of ether oxygens (including phenoxy) is 2. The molecule has 1 atom stereocenters. The first-order valence-corrected chi connectivity index (χ1v) is 11.1. The summed E-state index contributed by atoms with van der Waals surface area (Å²) in [5, 5.41) is 2.73. The topological polar surface area (TPSA) is 84.9 Å². The minimum atomic E-state index is -3.68. The van der Waals surface area contributed by atoms with Gasteiger partial charge in [0.25, 0.3) is 0 Å². The van der Waals surface area contributed by atoms with E-state index in [1.807, 2.05) is 26.0 Å². The summed E-state index contributed by atoms with van der Waals surface area (Å²) in [4.78, 5) is 12.6. The van der Waals surface area contributed by atoms with Crippen LogP contribution in [0.15, 0.2) is 42.5 Å². The zero-order chi connectivity index (χ0) is 21.6. The average molecular weight is 421 g/mol. The molecule has 7 nitrogen and oxygen atoms in total. The van der Waals surface area contributed by atoms with Gasteiger partial charge >= 0.3 is 0 Å². The standard InChI is InChI=1S/C21H28N2O5S/c1-15-11-16(2)13-20(12-15)28-10-9-22-21(24)17(3)23(29(5,25)26)18-7-6-8-19(14-18)27-4/h6-8,11-14,17H,9-10H2,1-5H3,(H,22,24). The molecule has 0 fully saturated rings. The summed E-state index contributed by atoms with van der Waals surface area (Å²) in [5.41, 5.74) is 2.56. The van der Waals surface area contributed by atoms with Crippen molar-refractivity contribution in [3.8, 4) is 11.5 Å². The molecule has 0 aromatic heterocycles. The molecule has 1 N–H and O–H groups in total. The van der Waals surface area contributed by atoms with Gasteiger partial charge in [0.05, 0.1) is 25.6 Å².